The van der Waals surface area contributed by atoms with E-state index in [-0.39, 0.29) is 17.4 Å². The van der Waals surface area contributed by atoms with Crippen molar-refractivity contribution < 1.29 is 19.4 Å². The van der Waals surface area contributed by atoms with E-state index in [2.05, 4.69) is 15.5 Å². The van der Waals surface area contributed by atoms with Gasteiger partial charge in [-0.25, -0.2) is 0 Å². The first-order valence-electron chi connectivity index (χ1n) is 8.93. The first-order chi connectivity index (χ1) is 14.0. The molecule has 0 bridgehead atoms. The highest BCUT2D eigenvalue weighted by Crippen LogP contribution is 2.30. The molecule has 0 fully saturated rings. The van der Waals surface area contributed by atoms with E-state index < -0.39 is 0 Å². The summed E-state index contributed by atoms with van der Waals surface area (Å²) in [5, 5.41) is 21.4. The Kier molecular flexibility index (Phi) is 6.61. The second kappa shape index (κ2) is 9.33. The van der Waals surface area contributed by atoms with Gasteiger partial charge in [0.15, 0.2) is 11.0 Å². The van der Waals surface area contributed by atoms with Crippen LogP contribution >= 0.6 is 11.8 Å². The average molecular weight is 414 g/mol. The van der Waals surface area contributed by atoms with Crippen molar-refractivity contribution in [3.63, 3.8) is 0 Å². The van der Waals surface area contributed by atoms with Crippen LogP contribution < -0.4 is 14.8 Å². The summed E-state index contributed by atoms with van der Waals surface area (Å²) >= 11 is 1.30. The molecule has 8 nitrogen and oxygen atoms in total. The number of thioether (sulfide) groups is 1. The normalized spacial score (nSPS) is 10.6. The molecule has 29 heavy (non-hydrogen) atoms. The molecular weight excluding hydrogens is 392 g/mol. The lowest BCUT2D eigenvalue weighted by Gasteiger charge is -2.12. The zero-order valence-corrected chi connectivity index (χ0v) is 17.2. The smallest absolute Gasteiger partial charge is 0.234 e. The maximum absolute atomic E-state index is 12.5. The molecule has 0 unspecified atom stereocenters. The van der Waals surface area contributed by atoms with Crippen LogP contribution in [0.15, 0.2) is 47.6 Å². The maximum Gasteiger partial charge on any atom is 0.234 e. The number of phenolic OH excluding ortho intramolecular Hbond substituents is 1. The molecule has 0 aliphatic rings. The summed E-state index contributed by atoms with van der Waals surface area (Å²) in [5.74, 6) is 2.01. The van der Waals surface area contributed by atoms with Crippen molar-refractivity contribution in [1.29, 1.82) is 0 Å². The Morgan fingerprint density at radius 1 is 1.14 bits per heavy atom. The number of anilines is 1. The number of aromatic nitrogens is 3. The number of phenols is 1. The van der Waals surface area contributed by atoms with Gasteiger partial charge in [-0.2, -0.15) is 0 Å². The largest absolute Gasteiger partial charge is 0.508 e. The van der Waals surface area contributed by atoms with Crippen LogP contribution in [0, 0.1) is 0 Å². The lowest BCUT2D eigenvalue weighted by atomic mass is 10.2. The number of hydrogen-bond donors (Lipinski definition) is 2. The third-order valence-corrected chi connectivity index (χ3v) is 5.14. The molecule has 3 aromatic rings. The van der Waals surface area contributed by atoms with Gasteiger partial charge in [0.2, 0.25) is 5.91 Å². The molecular formula is C20H22N4O4S. The van der Waals surface area contributed by atoms with Crippen molar-refractivity contribution >= 4 is 23.4 Å². The van der Waals surface area contributed by atoms with Crippen LogP contribution in [-0.4, -0.2) is 45.8 Å². The highest BCUT2D eigenvalue weighted by Gasteiger charge is 2.15. The molecule has 0 spiro atoms. The number of rotatable bonds is 8. The fourth-order valence-corrected chi connectivity index (χ4v) is 3.54. The van der Waals surface area contributed by atoms with E-state index in [9.17, 15) is 9.90 Å². The molecule has 0 aliphatic carbocycles. The van der Waals surface area contributed by atoms with E-state index in [1.165, 1.54) is 11.8 Å². The minimum Gasteiger partial charge on any atom is -0.508 e. The van der Waals surface area contributed by atoms with Gasteiger partial charge < -0.3 is 24.5 Å². The van der Waals surface area contributed by atoms with Crippen molar-refractivity contribution in [2.75, 3.05) is 25.3 Å². The first kappa shape index (κ1) is 20.5. The van der Waals surface area contributed by atoms with Crippen LogP contribution in [0.2, 0.25) is 0 Å². The lowest BCUT2D eigenvalue weighted by molar-refractivity contribution is -0.113. The summed E-state index contributed by atoms with van der Waals surface area (Å²) in [7, 11) is 3.10. The molecule has 0 radical (unpaired) electrons. The summed E-state index contributed by atoms with van der Waals surface area (Å²) in [6.07, 6.45) is 0. The zero-order valence-electron chi connectivity index (χ0n) is 16.4. The van der Waals surface area contributed by atoms with E-state index in [0.717, 1.165) is 5.56 Å². The molecule has 0 saturated heterocycles. The predicted molar refractivity (Wildman–Crippen MR) is 112 cm³/mol. The summed E-state index contributed by atoms with van der Waals surface area (Å²) in [4.78, 5) is 12.5. The minimum absolute atomic E-state index is 0.161. The summed E-state index contributed by atoms with van der Waals surface area (Å²) < 4.78 is 12.4. The standard InChI is InChI=1S/C20H22N4O4S/c1-4-24-19(13-5-7-14(25)8-6-13)22-23-20(24)29-12-18(26)21-16-11-15(27-2)9-10-17(16)28-3/h5-11,25H,4,12H2,1-3H3,(H,21,26). The number of nitrogens with zero attached hydrogens (tertiary/aromatic N) is 3. The van der Waals surface area contributed by atoms with E-state index in [4.69, 9.17) is 9.47 Å². The van der Waals surface area contributed by atoms with Crippen molar-refractivity contribution in [1.82, 2.24) is 14.8 Å². The van der Waals surface area contributed by atoms with Gasteiger partial charge in [0.25, 0.3) is 0 Å². The molecule has 152 valence electrons. The number of hydrogen-bond acceptors (Lipinski definition) is 7. The Morgan fingerprint density at radius 3 is 2.55 bits per heavy atom. The zero-order chi connectivity index (χ0) is 20.8. The molecule has 2 N–H and O–H groups in total. The van der Waals surface area contributed by atoms with Gasteiger partial charge >= 0.3 is 0 Å². The number of carbonyl (C=O) groups is 1. The molecule has 2 aromatic carbocycles. The van der Waals surface area contributed by atoms with Gasteiger partial charge in [-0.1, -0.05) is 11.8 Å². The van der Waals surface area contributed by atoms with Gasteiger partial charge in [0, 0.05) is 18.2 Å². The molecule has 0 aliphatic heterocycles. The van der Waals surface area contributed by atoms with Crippen molar-refractivity contribution in [2.45, 2.75) is 18.6 Å². The molecule has 1 aromatic heterocycles. The van der Waals surface area contributed by atoms with Gasteiger partial charge in [-0.3, -0.25) is 4.79 Å². The van der Waals surface area contributed by atoms with Crippen LogP contribution in [-0.2, 0) is 11.3 Å². The molecule has 3 rings (SSSR count). The third-order valence-electron chi connectivity index (χ3n) is 4.17. The van der Waals surface area contributed by atoms with Gasteiger partial charge in [0.1, 0.15) is 17.2 Å². The fraction of sp³-hybridized carbons (Fsp3) is 0.250. The highest BCUT2D eigenvalue weighted by molar-refractivity contribution is 7.99. The van der Waals surface area contributed by atoms with E-state index >= 15 is 0 Å². The van der Waals surface area contributed by atoms with E-state index in [1.54, 1.807) is 56.7 Å². The molecule has 0 saturated carbocycles. The second-order valence-corrected chi connectivity index (χ2v) is 6.94. The number of ether oxygens (including phenoxy) is 2. The molecule has 9 heteroatoms. The Balaban J connectivity index is 1.70. The molecule has 1 amide bonds. The van der Waals surface area contributed by atoms with Crippen LogP contribution in [0.3, 0.4) is 0 Å². The minimum atomic E-state index is -0.196. The van der Waals surface area contributed by atoms with Crippen molar-refractivity contribution in [3.05, 3.63) is 42.5 Å². The van der Waals surface area contributed by atoms with Crippen LogP contribution in [0.25, 0.3) is 11.4 Å². The summed E-state index contributed by atoms with van der Waals surface area (Å²) in [5.41, 5.74) is 1.38. The van der Waals surface area contributed by atoms with Gasteiger partial charge in [-0.05, 0) is 43.3 Å². The Bertz CT molecular complexity index is 989. The number of carbonyl (C=O) groups excluding carboxylic acids is 1. The average Bonchev–Trinajstić information content (AvgIpc) is 3.15. The summed E-state index contributed by atoms with van der Waals surface area (Å²) in [6.45, 7) is 2.63. The van der Waals surface area contributed by atoms with Gasteiger partial charge in [0.05, 0.1) is 25.7 Å². The molecule has 1 heterocycles. The maximum atomic E-state index is 12.5. The molecule has 0 atom stereocenters. The number of methoxy groups -OCH3 is 2. The number of nitrogens with one attached hydrogen (secondary N) is 1. The topological polar surface area (TPSA) is 98.5 Å². The first-order valence-corrected chi connectivity index (χ1v) is 9.91. The Morgan fingerprint density at radius 2 is 1.90 bits per heavy atom. The van der Waals surface area contributed by atoms with Crippen LogP contribution in [0.4, 0.5) is 5.69 Å². The van der Waals surface area contributed by atoms with Gasteiger partial charge in [-0.15, -0.1) is 10.2 Å². The number of amides is 1. The van der Waals surface area contributed by atoms with Crippen molar-refractivity contribution in [2.24, 2.45) is 0 Å². The predicted octanol–water partition coefficient (Wildman–Crippen LogP) is 3.42. The second-order valence-electron chi connectivity index (χ2n) is 6.00. The monoisotopic (exact) mass is 414 g/mol. The quantitative estimate of drug-likeness (QED) is 0.545. The Labute approximate surface area is 172 Å². The SMILES string of the molecule is CCn1c(SCC(=O)Nc2cc(OC)ccc2OC)nnc1-c1ccc(O)cc1. The Hall–Kier alpha value is -3.20. The third kappa shape index (κ3) is 4.80. The number of aromatic hydroxyl groups is 1. The van der Waals surface area contributed by atoms with E-state index in [0.29, 0.717) is 34.7 Å². The highest BCUT2D eigenvalue weighted by atomic mass is 32.2. The fourth-order valence-electron chi connectivity index (χ4n) is 2.73. The summed E-state index contributed by atoms with van der Waals surface area (Å²) in [6, 6.07) is 12.0. The van der Waals surface area contributed by atoms with E-state index in [1.807, 2.05) is 11.5 Å². The lowest BCUT2D eigenvalue weighted by Crippen LogP contribution is -2.15. The van der Waals surface area contributed by atoms with Crippen LogP contribution in [0.1, 0.15) is 6.92 Å². The number of benzene rings is 2. The van der Waals surface area contributed by atoms with Crippen molar-refractivity contribution in [3.8, 4) is 28.6 Å². The van der Waals surface area contributed by atoms with Crippen LogP contribution in [0.5, 0.6) is 17.2 Å².